The van der Waals surface area contributed by atoms with Crippen molar-refractivity contribution in [1.29, 1.82) is 0 Å². The van der Waals surface area contributed by atoms with Crippen molar-refractivity contribution in [3.63, 3.8) is 0 Å². The van der Waals surface area contributed by atoms with Crippen molar-refractivity contribution >= 4 is 11.8 Å². The van der Waals surface area contributed by atoms with E-state index in [0.717, 1.165) is 36.8 Å². The Morgan fingerprint density at radius 2 is 1.19 bits per heavy atom. The Bertz CT molecular complexity index is 969. The van der Waals surface area contributed by atoms with Crippen LogP contribution in [-0.4, -0.2) is 24.4 Å². The Hall–Kier alpha value is -3.24. The molecule has 0 fully saturated rings. The zero-order valence-electron chi connectivity index (χ0n) is 18.4. The summed E-state index contributed by atoms with van der Waals surface area (Å²) in [4.78, 5) is 24.3. The molecule has 0 radical (unpaired) electrons. The second-order valence-corrected chi connectivity index (χ2v) is 8.13. The molecule has 0 aromatic heterocycles. The molecular formula is C28H31NO3. The predicted octanol–water partition coefficient (Wildman–Crippen LogP) is 4.48. The third-order valence-electron chi connectivity index (χ3n) is 5.42. The van der Waals surface area contributed by atoms with E-state index in [2.05, 4.69) is 36.4 Å². The number of hydrogen-bond donors (Lipinski definition) is 1. The first-order valence-corrected chi connectivity index (χ1v) is 11.2. The Labute approximate surface area is 190 Å². The van der Waals surface area contributed by atoms with Crippen molar-refractivity contribution in [2.75, 3.05) is 6.61 Å². The number of carbonyl (C=O) groups is 2. The highest BCUT2D eigenvalue weighted by molar-refractivity contribution is 5.85. The first kappa shape index (κ1) is 23.4. The molecule has 0 saturated carbocycles. The Morgan fingerprint density at radius 1 is 0.688 bits per heavy atom. The molecule has 3 aromatic carbocycles. The van der Waals surface area contributed by atoms with Gasteiger partial charge in [0.25, 0.3) is 0 Å². The van der Waals surface area contributed by atoms with E-state index in [1.165, 1.54) is 11.1 Å². The molecule has 0 saturated heterocycles. The molecular weight excluding hydrogens is 398 g/mol. The number of esters is 1. The Kier molecular flexibility index (Phi) is 9.20. The van der Waals surface area contributed by atoms with Gasteiger partial charge < -0.3 is 10.5 Å². The maximum atomic E-state index is 12.2. The lowest BCUT2D eigenvalue weighted by Gasteiger charge is -2.11. The highest BCUT2D eigenvalue weighted by atomic mass is 16.5. The molecule has 2 N–H and O–H groups in total. The molecule has 166 valence electrons. The van der Waals surface area contributed by atoms with Crippen LogP contribution in [0.5, 0.6) is 0 Å². The second-order valence-electron chi connectivity index (χ2n) is 8.13. The number of carbonyl (C=O) groups excluding carboxylic acids is 2. The van der Waals surface area contributed by atoms with Crippen molar-refractivity contribution in [2.45, 2.75) is 44.6 Å². The van der Waals surface area contributed by atoms with Gasteiger partial charge in [0.2, 0.25) is 0 Å². The van der Waals surface area contributed by atoms with Crippen LogP contribution in [0.4, 0.5) is 0 Å². The molecule has 0 bridgehead atoms. The van der Waals surface area contributed by atoms with E-state index in [1.807, 2.05) is 48.5 Å². The molecule has 0 heterocycles. The minimum absolute atomic E-state index is 0.138. The van der Waals surface area contributed by atoms with E-state index in [-0.39, 0.29) is 18.8 Å². The van der Waals surface area contributed by atoms with Gasteiger partial charge in [-0.15, -0.1) is 0 Å². The smallest absolute Gasteiger partial charge is 0.323 e. The van der Waals surface area contributed by atoms with Crippen molar-refractivity contribution in [3.8, 4) is 0 Å². The molecule has 0 amide bonds. The SMILES string of the molecule is N[C@@H](Cc1ccccc1)C(=O)OCC(=O)Cc1ccc(CCCCc2ccccc2)cc1. The van der Waals surface area contributed by atoms with Crippen LogP contribution < -0.4 is 5.73 Å². The molecule has 4 nitrogen and oxygen atoms in total. The van der Waals surface area contributed by atoms with Gasteiger partial charge in [-0.05, 0) is 54.4 Å². The zero-order chi connectivity index (χ0) is 22.6. The molecule has 0 unspecified atom stereocenters. The molecule has 4 heteroatoms. The van der Waals surface area contributed by atoms with Gasteiger partial charge in [-0.2, -0.15) is 0 Å². The quantitative estimate of drug-likeness (QED) is 0.341. The molecule has 32 heavy (non-hydrogen) atoms. The molecule has 3 aromatic rings. The van der Waals surface area contributed by atoms with Gasteiger partial charge in [0.15, 0.2) is 5.78 Å². The summed E-state index contributed by atoms with van der Waals surface area (Å²) in [6.45, 7) is -0.247. The average molecular weight is 430 g/mol. The number of ketones is 1. The van der Waals surface area contributed by atoms with Crippen LogP contribution in [0.15, 0.2) is 84.9 Å². The van der Waals surface area contributed by atoms with Crippen LogP contribution in [0.3, 0.4) is 0 Å². The van der Waals surface area contributed by atoms with Crippen molar-refractivity contribution in [3.05, 3.63) is 107 Å². The fourth-order valence-corrected chi connectivity index (χ4v) is 3.62. The van der Waals surface area contributed by atoms with Gasteiger partial charge in [-0.3, -0.25) is 9.59 Å². The summed E-state index contributed by atoms with van der Waals surface area (Å²) in [7, 11) is 0. The molecule has 3 rings (SSSR count). The Balaban J connectivity index is 1.34. The number of aryl methyl sites for hydroxylation is 2. The highest BCUT2D eigenvalue weighted by Gasteiger charge is 2.17. The standard InChI is InChI=1S/C28H31NO3/c29-27(20-24-13-5-2-6-14-24)28(31)32-21-26(30)19-25-17-15-23(16-18-25)12-8-7-11-22-9-3-1-4-10-22/h1-6,9-10,13-18,27H,7-8,11-12,19-21,29H2/t27-/m0/s1. The van der Waals surface area contributed by atoms with Crippen LogP contribution in [-0.2, 0) is 40.0 Å². The lowest BCUT2D eigenvalue weighted by atomic mass is 10.0. The topological polar surface area (TPSA) is 69.4 Å². The average Bonchev–Trinajstić information content (AvgIpc) is 2.82. The number of benzene rings is 3. The number of ether oxygens (including phenoxy) is 1. The van der Waals surface area contributed by atoms with Crippen molar-refractivity contribution in [1.82, 2.24) is 0 Å². The number of Topliss-reactive ketones (excluding diaryl/α,β-unsaturated/α-hetero) is 1. The van der Waals surface area contributed by atoms with Crippen molar-refractivity contribution < 1.29 is 14.3 Å². The fraction of sp³-hybridized carbons (Fsp3) is 0.286. The minimum Gasteiger partial charge on any atom is -0.457 e. The zero-order valence-corrected chi connectivity index (χ0v) is 18.4. The van der Waals surface area contributed by atoms with Gasteiger partial charge in [0.1, 0.15) is 12.6 Å². The van der Waals surface area contributed by atoms with E-state index < -0.39 is 12.0 Å². The van der Waals surface area contributed by atoms with E-state index in [4.69, 9.17) is 10.5 Å². The van der Waals surface area contributed by atoms with Crippen LogP contribution in [0.25, 0.3) is 0 Å². The number of nitrogens with two attached hydrogens (primary N) is 1. The van der Waals surface area contributed by atoms with E-state index in [9.17, 15) is 9.59 Å². The first-order valence-electron chi connectivity index (χ1n) is 11.2. The summed E-state index contributed by atoms with van der Waals surface area (Å²) in [5.74, 6) is -0.686. The van der Waals surface area contributed by atoms with Crippen LogP contribution in [0.1, 0.15) is 35.1 Å². The maximum Gasteiger partial charge on any atom is 0.323 e. The lowest BCUT2D eigenvalue weighted by Crippen LogP contribution is -2.35. The largest absolute Gasteiger partial charge is 0.457 e. The minimum atomic E-state index is -0.772. The first-order chi connectivity index (χ1) is 15.6. The third-order valence-corrected chi connectivity index (χ3v) is 5.42. The van der Waals surface area contributed by atoms with Gasteiger partial charge in [-0.25, -0.2) is 0 Å². The molecule has 0 aliphatic carbocycles. The fourth-order valence-electron chi connectivity index (χ4n) is 3.62. The third kappa shape index (κ3) is 8.12. The van der Waals surface area contributed by atoms with Gasteiger partial charge in [-0.1, -0.05) is 84.9 Å². The summed E-state index contributed by atoms with van der Waals surface area (Å²) in [5, 5.41) is 0. The summed E-state index contributed by atoms with van der Waals surface area (Å²) in [6.07, 6.45) is 5.05. The molecule has 1 atom stereocenters. The van der Waals surface area contributed by atoms with Gasteiger partial charge in [0, 0.05) is 6.42 Å². The van der Waals surface area contributed by atoms with Gasteiger partial charge >= 0.3 is 5.97 Å². The summed E-state index contributed by atoms with van der Waals surface area (Å²) < 4.78 is 5.12. The predicted molar refractivity (Wildman–Crippen MR) is 127 cm³/mol. The monoisotopic (exact) mass is 429 g/mol. The van der Waals surface area contributed by atoms with Gasteiger partial charge in [0.05, 0.1) is 0 Å². The van der Waals surface area contributed by atoms with E-state index >= 15 is 0 Å². The molecule has 0 aliphatic heterocycles. The number of unbranched alkanes of at least 4 members (excludes halogenated alkanes) is 1. The maximum absolute atomic E-state index is 12.2. The summed E-state index contributed by atoms with van der Waals surface area (Å²) in [6, 6.07) is 27.4. The van der Waals surface area contributed by atoms with E-state index in [0.29, 0.717) is 6.42 Å². The number of rotatable bonds is 12. The van der Waals surface area contributed by atoms with E-state index in [1.54, 1.807) is 0 Å². The second kappa shape index (κ2) is 12.6. The summed E-state index contributed by atoms with van der Waals surface area (Å²) >= 11 is 0. The van der Waals surface area contributed by atoms with Crippen LogP contribution >= 0.6 is 0 Å². The van der Waals surface area contributed by atoms with Crippen LogP contribution in [0, 0.1) is 0 Å². The van der Waals surface area contributed by atoms with Crippen LogP contribution in [0.2, 0.25) is 0 Å². The Morgan fingerprint density at radius 3 is 1.78 bits per heavy atom. The summed E-state index contributed by atoms with van der Waals surface area (Å²) in [5.41, 5.74) is 10.4. The highest BCUT2D eigenvalue weighted by Crippen LogP contribution is 2.11. The normalized spacial score (nSPS) is 11.7. The number of hydrogen-bond acceptors (Lipinski definition) is 4. The molecule has 0 aliphatic rings. The lowest BCUT2D eigenvalue weighted by molar-refractivity contribution is -0.149. The molecule has 0 spiro atoms. The van der Waals surface area contributed by atoms with Crippen molar-refractivity contribution in [2.24, 2.45) is 5.73 Å².